The maximum absolute atomic E-state index is 13.7. The molecular formula is C15H13FN4O. The standard InChI is InChI=1S/C15H13FN4O/c1-8-11(16)5-9(6-12(8)17)15(21)19-13-3-2-4-14-10(13)7-18-20-14/h2-7H,17H2,1H3,(H,18,20)(H,19,21). The summed E-state index contributed by atoms with van der Waals surface area (Å²) in [5.41, 5.74) is 7.87. The predicted molar refractivity (Wildman–Crippen MR) is 79.6 cm³/mol. The van der Waals surface area contributed by atoms with Crippen molar-refractivity contribution in [2.24, 2.45) is 0 Å². The molecule has 3 aromatic rings. The third-order valence-electron chi connectivity index (χ3n) is 3.38. The van der Waals surface area contributed by atoms with E-state index in [2.05, 4.69) is 15.5 Å². The zero-order valence-electron chi connectivity index (χ0n) is 11.3. The van der Waals surface area contributed by atoms with E-state index in [1.807, 2.05) is 6.07 Å². The maximum atomic E-state index is 13.7. The molecule has 0 aliphatic rings. The SMILES string of the molecule is Cc1c(N)cc(C(=O)Nc2cccc3[nH]ncc23)cc1F. The van der Waals surface area contributed by atoms with Gasteiger partial charge in [0.2, 0.25) is 0 Å². The van der Waals surface area contributed by atoms with E-state index >= 15 is 0 Å². The highest BCUT2D eigenvalue weighted by Crippen LogP contribution is 2.23. The lowest BCUT2D eigenvalue weighted by molar-refractivity contribution is 0.102. The number of anilines is 2. The fourth-order valence-electron chi connectivity index (χ4n) is 2.10. The predicted octanol–water partition coefficient (Wildman–Crippen LogP) is 2.84. The van der Waals surface area contributed by atoms with Crippen LogP contribution in [-0.4, -0.2) is 16.1 Å². The van der Waals surface area contributed by atoms with Gasteiger partial charge < -0.3 is 11.1 Å². The molecule has 1 amide bonds. The summed E-state index contributed by atoms with van der Waals surface area (Å²) in [6.45, 7) is 1.57. The second-order valence-electron chi connectivity index (χ2n) is 4.76. The van der Waals surface area contributed by atoms with Crippen LogP contribution in [-0.2, 0) is 0 Å². The summed E-state index contributed by atoms with van der Waals surface area (Å²) in [5.74, 6) is -0.920. The number of carbonyl (C=O) groups excluding carboxylic acids is 1. The third kappa shape index (κ3) is 2.31. The highest BCUT2D eigenvalue weighted by molar-refractivity contribution is 6.09. The molecule has 0 spiro atoms. The minimum absolute atomic E-state index is 0.177. The van der Waals surface area contributed by atoms with Crippen molar-refractivity contribution >= 4 is 28.2 Å². The molecule has 0 saturated carbocycles. The molecule has 4 N–H and O–H groups in total. The second-order valence-corrected chi connectivity index (χ2v) is 4.76. The van der Waals surface area contributed by atoms with Gasteiger partial charge in [-0.25, -0.2) is 4.39 Å². The van der Waals surface area contributed by atoms with Gasteiger partial charge in [0.05, 0.1) is 17.4 Å². The highest BCUT2D eigenvalue weighted by Gasteiger charge is 2.13. The van der Waals surface area contributed by atoms with Crippen LogP contribution in [0.4, 0.5) is 15.8 Å². The molecule has 5 nitrogen and oxygen atoms in total. The number of H-pyrrole nitrogens is 1. The first-order chi connectivity index (χ1) is 10.1. The number of halogens is 1. The molecule has 0 atom stereocenters. The van der Waals surface area contributed by atoms with Gasteiger partial charge in [0.15, 0.2) is 0 Å². The van der Waals surface area contributed by atoms with Crippen LogP contribution < -0.4 is 11.1 Å². The number of benzene rings is 2. The van der Waals surface area contributed by atoms with Crippen molar-refractivity contribution in [2.75, 3.05) is 11.1 Å². The molecular weight excluding hydrogens is 271 g/mol. The van der Waals surface area contributed by atoms with Crippen molar-refractivity contribution < 1.29 is 9.18 Å². The average Bonchev–Trinajstić information content (AvgIpc) is 2.93. The molecule has 0 fully saturated rings. The second kappa shape index (κ2) is 4.90. The summed E-state index contributed by atoms with van der Waals surface area (Å²) in [6, 6.07) is 8.03. The molecule has 0 aliphatic heterocycles. The van der Waals surface area contributed by atoms with Crippen molar-refractivity contribution in [3.63, 3.8) is 0 Å². The fraction of sp³-hybridized carbons (Fsp3) is 0.0667. The summed E-state index contributed by atoms with van der Waals surface area (Å²) in [6.07, 6.45) is 1.62. The number of nitrogens with two attached hydrogens (primary N) is 1. The maximum Gasteiger partial charge on any atom is 0.255 e. The first-order valence-electron chi connectivity index (χ1n) is 6.35. The number of aromatic nitrogens is 2. The number of nitrogens with one attached hydrogen (secondary N) is 2. The first-order valence-corrected chi connectivity index (χ1v) is 6.35. The van der Waals surface area contributed by atoms with E-state index in [-0.39, 0.29) is 11.3 Å². The molecule has 3 rings (SSSR count). The molecule has 21 heavy (non-hydrogen) atoms. The molecule has 0 radical (unpaired) electrons. The Labute approximate surface area is 120 Å². The largest absolute Gasteiger partial charge is 0.398 e. The summed E-state index contributed by atoms with van der Waals surface area (Å²) in [4.78, 5) is 12.2. The molecule has 0 aliphatic carbocycles. The van der Waals surface area contributed by atoms with Gasteiger partial charge in [0.25, 0.3) is 5.91 Å². The Kier molecular flexibility index (Phi) is 3.06. The zero-order valence-corrected chi connectivity index (χ0v) is 11.3. The van der Waals surface area contributed by atoms with Gasteiger partial charge in [-0.05, 0) is 31.2 Å². The average molecular weight is 284 g/mol. The van der Waals surface area contributed by atoms with Crippen molar-refractivity contribution in [1.82, 2.24) is 10.2 Å². The van der Waals surface area contributed by atoms with E-state index in [0.29, 0.717) is 11.3 Å². The topological polar surface area (TPSA) is 83.8 Å². The van der Waals surface area contributed by atoms with E-state index in [1.54, 1.807) is 25.3 Å². The van der Waals surface area contributed by atoms with Crippen LogP contribution in [0.3, 0.4) is 0 Å². The number of rotatable bonds is 2. The number of amides is 1. The van der Waals surface area contributed by atoms with E-state index < -0.39 is 11.7 Å². The number of hydrogen-bond acceptors (Lipinski definition) is 3. The fourth-order valence-corrected chi connectivity index (χ4v) is 2.10. The van der Waals surface area contributed by atoms with Crippen molar-refractivity contribution in [3.05, 3.63) is 53.5 Å². The Balaban J connectivity index is 1.95. The molecule has 1 aromatic heterocycles. The smallest absolute Gasteiger partial charge is 0.255 e. The van der Waals surface area contributed by atoms with Gasteiger partial charge in [0, 0.05) is 22.2 Å². The molecule has 106 valence electrons. The Morgan fingerprint density at radius 2 is 2.19 bits per heavy atom. The van der Waals surface area contributed by atoms with Crippen LogP contribution in [0, 0.1) is 12.7 Å². The number of aromatic amines is 1. The van der Waals surface area contributed by atoms with Crippen LogP contribution in [0.25, 0.3) is 10.9 Å². The van der Waals surface area contributed by atoms with Gasteiger partial charge in [-0.1, -0.05) is 6.07 Å². The van der Waals surface area contributed by atoms with Crippen molar-refractivity contribution in [1.29, 1.82) is 0 Å². The molecule has 1 heterocycles. The third-order valence-corrected chi connectivity index (χ3v) is 3.38. The van der Waals surface area contributed by atoms with Crippen molar-refractivity contribution in [3.8, 4) is 0 Å². The van der Waals surface area contributed by atoms with Gasteiger partial charge in [-0.2, -0.15) is 5.10 Å². The van der Waals surface area contributed by atoms with Gasteiger partial charge in [-0.3, -0.25) is 9.89 Å². The minimum atomic E-state index is -0.498. The summed E-state index contributed by atoms with van der Waals surface area (Å²) in [5, 5.41) is 10.3. The molecule has 0 saturated heterocycles. The van der Waals surface area contributed by atoms with Crippen LogP contribution in [0.1, 0.15) is 15.9 Å². The number of nitrogen functional groups attached to an aromatic ring is 1. The number of hydrogen-bond donors (Lipinski definition) is 3. The Hall–Kier alpha value is -2.89. The first kappa shape index (κ1) is 13.1. The van der Waals surface area contributed by atoms with Crippen molar-refractivity contribution in [2.45, 2.75) is 6.92 Å². The zero-order chi connectivity index (χ0) is 15.0. The molecule has 6 heteroatoms. The number of fused-ring (bicyclic) bond motifs is 1. The van der Waals surface area contributed by atoms with Gasteiger partial charge in [-0.15, -0.1) is 0 Å². The number of nitrogens with zero attached hydrogens (tertiary/aromatic N) is 1. The summed E-state index contributed by atoms with van der Waals surface area (Å²) < 4.78 is 13.7. The van der Waals surface area contributed by atoms with E-state index in [4.69, 9.17) is 5.73 Å². The molecule has 2 aromatic carbocycles. The van der Waals surface area contributed by atoms with Gasteiger partial charge >= 0.3 is 0 Å². The lowest BCUT2D eigenvalue weighted by Crippen LogP contribution is -2.13. The summed E-state index contributed by atoms with van der Waals surface area (Å²) >= 11 is 0. The highest BCUT2D eigenvalue weighted by atomic mass is 19.1. The summed E-state index contributed by atoms with van der Waals surface area (Å²) in [7, 11) is 0. The lowest BCUT2D eigenvalue weighted by Gasteiger charge is -2.09. The van der Waals surface area contributed by atoms with E-state index in [9.17, 15) is 9.18 Å². The monoisotopic (exact) mass is 284 g/mol. The van der Waals surface area contributed by atoms with Crippen LogP contribution >= 0.6 is 0 Å². The lowest BCUT2D eigenvalue weighted by atomic mass is 10.1. The Bertz CT molecular complexity index is 818. The quantitative estimate of drug-likeness (QED) is 0.633. The van der Waals surface area contributed by atoms with Crippen LogP contribution in [0.5, 0.6) is 0 Å². The van der Waals surface area contributed by atoms with Gasteiger partial charge in [0.1, 0.15) is 5.82 Å². The Morgan fingerprint density at radius 1 is 1.38 bits per heavy atom. The molecule has 0 unspecified atom stereocenters. The van der Waals surface area contributed by atoms with Crippen LogP contribution in [0.2, 0.25) is 0 Å². The Morgan fingerprint density at radius 3 is 2.95 bits per heavy atom. The normalized spacial score (nSPS) is 10.8. The van der Waals surface area contributed by atoms with E-state index in [1.165, 1.54) is 12.1 Å². The van der Waals surface area contributed by atoms with Crippen LogP contribution in [0.15, 0.2) is 36.5 Å². The van der Waals surface area contributed by atoms with E-state index in [0.717, 1.165) is 10.9 Å². The minimum Gasteiger partial charge on any atom is -0.398 e. The number of carbonyl (C=O) groups is 1. The molecule has 0 bridgehead atoms.